The number of nitrogens with zero attached hydrogens (tertiary/aromatic N) is 1. The number of carbonyl (C=O) groups is 1. The van der Waals surface area contributed by atoms with Gasteiger partial charge in [0.1, 0.15) is 0 Å². The van der Waals surface area contributed by atoms with Gasteiger partial charge in [-0.1, -0.05) is 24.3 Å². The van der Waals surface area contributed by atoms with Crippen molar-refractivity contribution in [2.45, 2.75) is 45.1 Å². The lowest BCUT2D eigenvalue weighted by Gasteiger charge is -2.39. The van der Waals surface area contributed by atoms with E-state index in [1.165, 1.54) is 11.1 Å². The summed E-state index contributed by atoms with van der Waals surface area (Å²) in [6.07, 6.45) is 2.54. The van der Waals surface area contributed by atoms with E-state index in [4.69, 9.17) is 10.5 Å². The smallest absolute Gasteiger partial charge is 0.230 e. The third-order valence-corrected chi connectivity index (χ3v) is 5.76. The molecule has 2 saturated heterocycles. The van der Waals surface area contributed by atoms with Crippen LogP contribution in [0, 0.1) is 12.3 Å². The van der Waals surface area contributed by atoms with E-state index in [2.05, 4.69) is 43.0 Å². The Bertz CT molecular complexity index is 566. The van der Waals surface area contributed by atoms with E-state index in [9.17, 15) is 4.79 Å². The summed E-state index contributed by atoms with van der Waals surface area (Å²) >= 11 is 0. The molecule has 126 valence electrons. The Morgan fingerprint density at radius 3 is 2.70 bits per heavy atom. The van der Waals surface area contributed by atoms with E-state index in [1.54, 1.807) is 0 Å². The fourth-order valence-electron chi connectivity index (χ4n) is 4.16. The SMILES string of the molecule is Cc1ccccc1C1CC(C)N(C(=O)C2(CN)CCOCC2)C1. The highest BCUT2D eigenvalue weighted by Crippen LogP contribution is 2.38. The molecule has 23 heavy (non-hydrogen) atoms. The third-order valence-electron chi connectivity index (χ3n) is 5.76. The summed E-state index contributed by atoms with van der Waals surface area (Å²) in [6.45, 7) is 6.85. The summed E-state index contributed by atoms with van der Waals surface area (Å²) in [4.78, 5) is 15.3. The van der Waals surface area contributed by atoms with E-state index in [0.29, 0.717) is 25.7 Å². The molecule has 0 bridgehead atoms. The molecule has 2 aliphatic rings. The normalized spacial score (nSPS) is 27.2. The highest BCUT2D eigenvalue weighted by Gasteiger charge is 2.45. The molecule has 1 aromatic rings. The summed E-state index contributed by atoms with van der Waals surface area (Å²) in [7, 11) is 0. The van der Waals surface area contributed by atoms with E-state index >= 15 is 0 Å². The van der Waals surface area contributed by atoms with E-state index in [0.717, 1.165) is 25.8 Å². The fraction of sp³-hybridized carbons (Fsp3) is 0.632. The average Bonchev–Trinajstić information content (AvgIpc) is 2.96. The third kappa shape index (κ3) is 3.02. The number of rotatable bonds is 3. The summed E-state index contributed by atoms with van der Waals surface area (Å²) < 4.78 is 5.45. The highest BCUT2D eigenvalue weighted by atomic mass is 16.5. The number of hydrogen-bond donors (Lipinski definition) is 1. The van der Waals surface area contributed by atoms with Crippen molar-refractivity contribution in [3.63, 3.8) is 0 Å². The second kappa shape index (κ2) is 6.62. The molecular weight excluding hydrogens is 288 g/mol. The van der Waals surface area contributed by atoms with Crippen LogP contribution in [-0.2, 0) is 9.53 Å². The molecule has 1 amide bonds. The first kappa shape index (κ1) is 16.5. The Morgan fingerprint density at radius 1 is 1.35 bits per heavy atom. The van der Waals surface area contributed by atoms with Gasteiger partial charge in [-0.05, 0) is 44.2 Å². The number of ether oxygens (including phenoxy) is 1. The van der Waals surface area contributed by atoms with Gasteiger partial charge in [0.25, 0.3) is 0 Å². The van der Waals surface area contributed by atoms with E-state index in [-0.39, 0.29) is 11.9 Å². The molecule has 0 aliphatic carbocycles. The van der Waals surface area contributed by atoms with Crippen molar-refractivity contribution in [3.8, 4) is 0 Å². The molecule has 2 aliphatic heterocycles. The molecule has 0 radical (unpaired) electrons. The molecule has 4 heteroatoms. The second-order valence-electron chi connectivity index (χ2n) is 7.19. The van der Waals surface area contributed by atoms with Crippen molar-refractivity contribution in [2.75, 3.05) is 26.3 Å². The summed E-state index contributed by atoms with van der Waals surface area (Å²) in [5.74, 6) is 0.677. The molecule has 2 heterocycles. The van der Waals surface area contributed by atoms with Crippen molar-refractivity contribution in [1.29, 1.82) is 0 Å². The van der Waals surface area contributed by atoms with Crippen LogP contribution in [0.5, 0.6) is 0 Å². The van der Waals surface area contributed by atoms with Crippen LogP contribution in [0.25, 0.3) is 0 Å². The number of nitrogens with two attached hydrogens (primary N) is 1. The fourth-order valence-corrected chi connectivity index (χ4v) is 4.16. The molecule has 0 saturated carbocycles. The van der Waals surface area contributed by atoms with Gasteiger partial charge < -0.3 is 15.4 Å². The first-order valence-corrected chi connectivity index (χ1v) is 8.72. The van der Waals surface area contributed by atoms with Crippen LogP contribution in [0.1, 0.15) is 43.2 Å². The standard InChI is InChI=1S/C19H28N2O2/c1-14-5-3-4-6-17(14)16-11-15(2)21(12-16)18(22)19(13-20)7-9-23-10-8-19/h3-6,15-16H,7-13,20H2,1-2H3. The number of benzene rings is 1. The molecule has 0 spiro atoms. The largest absolute Gasteiger partial charge is 0.381 e. The van der Waals surface area contributed by atoms with Gasteiger partial charge >= 0.3 is 0 Å². The second-order valence-corrected chi connectivity index (χ2v) is 7.19. The van der Waals surface area contributed by atoms with Crippen LogP contribution in [0.15, 0.2) is 24.3 Å². The lowest BCUT2D eigenvalue weighted by Crippen LogP contribution is -2.51. The van der Waals surface area contributed by atoms with Gasteiger partial charge in [-0.25, -0.2) is 0 Å². The van der Waals surface area contributed by atoms with Crippen LogP contribution < -0.4 is 5.73 Å². The predicted molar refractivity (Wildman–Crippen MR) is 91.3 cm³/mol. The Morgan fingerprint density at radius 2 is 2.04 bits per heavy atom. The van der Waals surface area contributed by atoms with Gasteiger partial charge in [0.2, 0.25) is 5.91 Å². The summed E-state index contributed by atoms with van der Waals surface area (Å²) in [6, 6.07) is 8.81. The quantitative estimate of drug-likeness (QED) is 0.932. The van der Waals surface area contributed by atoms with Gasteiger partial charge in [-0.2, -0.15) is 0 Å². The Labute approximate surface area is 139 Å². The predicted octanol–water partition coefficient (Wildman–Crippen LogP) is 2.45. The molecule has 2 N–H and O–H groups in total. The number of likely N-dealkylation sites (tertiary alicyclic amines) is 1. The van der Waals surface area contributed by atoms with Crippen LogP contribution >= 0.6 is 0 Å². The van der Waals surface area contributed by atoms with Crippen molar-refractivity contribution in [3.05, 3.63) is 35.4 Å². The molecule has 2 atom stereocenters. The lowest BCUT2D eigenvalue weighted by molar-refractivity contribution is -0.147. The van der Waals surface area contributed by atoms with Crippen LogP contribution in [0.3, 0.4) is 0 Å². The van der Waals surface area contributed by atoms with Crippen LogP contribution in [0.2, 0.25) is 0 Å². The minimum atomic E-state index is -0.410. The molecule has 4 nitrogen and oxygen atoms in total. The van der Waals surface area contributed by atoms with E-state index < -0.39 is 5.41 Å². The number of hydrogen-bond acceptors (Lipinski definition) is 3. The number of amides is 1. The Hall–Kier alpha value is -1.39. The monoisotopic (exact) mass is 316 g/mol. The molecule has 0 aromatic heterocycles. The zero-order valence-corrected chi connectivity index (χ0v) is 14.3. The number of aryl methyl sites for hydroxylation is 1. The molecule has 2 fully saturated rings. The van der Waals surface area contributed by atoms with Crippen molar-refractivity contribution >= 4 is 5.91 Å². The van der Waals surface area contributed by atoms with Gasteiger partial charge in [0, 0.05) is 38.3 Å². The topological polar surface area (TPSA) is 55.6 Å². The van der Waals surface area contributed by atoms with E-state index in [1.807, 2.05) is 0 Å². The molecule has 2 unspecified atom stereocenters. The summed E-state index contributed by atoms with van der Waals surface area (Å²) in [5, 5.41) is 0. The van der Waals surface area contributed by atoms with Gasteiger partial charge in [0.15, 0.2) is 0 Å². The zero-order chi connectivity index (χ0) is 16.4. The summed E-state index contributed by atoms with van der Waals surface area (Å²) in [5.41, 5.74) is 8.31. The maximum absolute atomic E-state index is 13.2. The zero-order valence-electron chi connectivity index (χ0n) is 14.3. The molecule has 3 rings (SSSR count). The first-order valence-electron chi connectivity index (χ1n) is 8.72. The minimum absolute atomic E-state index is 0.242. The lowest BCUT2D eigenvalue weighted by atomic mass is 9.78. The number of carbonyl (C=O) groups excluding carboxylic acids is 1. The molecule has 1 aromatic carbocycles. The van der Waals surface area contributed by atoms with Crippen molar-refractivity contribution < 1.29 is 9.53 Å². The van der Waals surface area contributed by atoms with Crippen LogP contribution in [0.4, 0.5) is 0 Å². The first-order chi connectivity index (χ1) is 11.1. The van der Waals surface area contributed by atoms with Crippen molar-refractivity contribution in [2.24, 2.45) is 11.1 Å². The van der Waals surface area contributed by atoms with Crippen LogP contribution in [-0.4, -0.2) is 43.2 Å². The Balaban J connectivity index is 1.78. The maximum Gasteiger partial charge on any atom is 0.230 e. The highest BCUT2D eigenvalue weighted by molar-refractivity contribution is 5.84. The van der Waals surface area contributed by atoms with Gasteiger partial charge in [-0.15, -0.1) is 0 Å². The molecular formula is C19H28N2O2. The maximum atomic E-state index is 13.2. The Kier molecular flexibility index (Phi) is 4.74. The van der Waals surface area contributed by atoms with Gasteiger partial charge in [0.05, 0.1) is 5.41 Å². The van der Waals surface area contributed by atoms with Gasteiger partial charge in [-0.3, -0.25) is 4.79 Å². The van der Waals surface area contributed by atoms with Crippen molar-refractivity contribution in [1.82, 2.24) is 4.90 Å². The minimum Gasteiger partial charge on any atom is -0.381 e. The average molecular weight is 316 g/mol.